The van der Waals surface area contributed by atoms with Gasteiger partial charge in [0.15, 0.2) is 5.82 Å². The number of aromatic amines is 1. The van der Waals surface area contributed by atoms with Crippen LogP contribution in [0.1, 0.15) is 31.0 Å². The normalized spacial score (nSPS) is 22.1. The van der Waals surface area contributed by atoms with Crippen LogP contribution in [-0.2, 0) is 6.42 Å². The Balaban J connectivity index is 2.17. The van der Waals surface area contributed by atoms with Gasteiger partial charge in [-0.05, 0) is 26.2 Å². The van der Waals surface area contributed by atoms with Gasteiger partial charge in [-0.3, -0.25) is 5.10 Å². The van der Waals surface area contributed by atoms with Gasteiger partial charge in [0.25, 0.3) is 0 Å². The maximum absolute atomic E-state index is 5.97. The number of aryl methyl sites for hydroxylation is 1. The van der Waals surface area contributed by atoms with E-state index in [0.29, 0.717) is 6.04 Å². The zero-order valence-corrected chi connectivity index (χ0v) is 9.58. The summed E-state index contributed by atoms with van der Waals surface area (Å²) in [6.07, 6.45) is 3.33. The Hall–Kier alpha value is -1.03. The van der Waals surface area contributed by atoms with Crippen molar-refractivity contribution in [2.75, 3.05) is 18.0 Å². The largest absolute Gasteiger partial charge is 0.353 e. The first-order chi connectivity index (χ1) is 7.22. The molecule has 3 N–H and O–H groups in total. The van der Waals surface area contributed by atoms with Gasteiger partial charge in [0.05, 0.1) is 0 Å². The Morgan fingerprint density at radius 2 is 2.40 bits per heavy atom. The minimum atomic E-state index is 0.305. The van der Waals surface area contributed by atoms with E-state index in [1.54, 1.807) is 0 Å². The molecule has 84 valence electrons. The molecule has 1 aromatic heterocycles. The molecular weight excluding hydrogens is 188 g/mol. The first-order valence-corrected chi connectivity index (χ1v) is 5.76. The van der Waals surface area contributed by atoms with Crippen LogP contribution in [0.3, 0.4) is 0 Å². The molecule has 0 radical (unpaired) electrons. The maximum Gasteiger partial charge on any atom is 0.153 e. The topological polar surface area (TPSA) is 57.9 Å². The number of anilines is 1. The van der Waals surface area contributed by atoms with Crippen molar-refractivity contribution in [3.8, 4) is 0 Å². The van der Waals surface area contributed by atoms with Crippen LogP contribution in [0.15, 0.2) is 0 Å². The molecule has 0 bridgehead atoms. The summed E-state index contributed by atoms with van der Waals surface area (Å²) in [5, 5.41) is 7.49. The lowest BCUT2D eigenvalue weighted by Crippen LogP contribution is -2.43. The van der Waals surface area contributed by atoms with E-state index in [9.17, 15) is 0 Å². The van der Waals surface area contributed by atoms with E-state index in [1.807, 2.05) is 0 Å². The summed E-state index contributed by atoms with van der Waals surface area (Å²) < 4.78 is 0. The maximum atomic E-state index is 5.97. The van der Waals surface area contributed by atoms with Crippen LogP contribution in [0.2, 0.25) is 0 Å². The molecule has 0 aromatic carbocycles. The van der Waals surface area contributed by atoms with E-state index in [0.717, 1.165) is 31.7 Å². The van der Waals surface area contributed by atoms with Crippen molar-refractivity contribution in [1.29, 1.82) is 0 Å². The van der Waals surface area contributed by atoms with Crippen molar-refractivity contribution in [1.82, 2.24) is 10.2 Å². The summed E-state index contributed by atoms with van der Waals surface area (Å²) in [7, 11) is 0. The number of hydrogen-bond donors (Lipinski definition) is 2. The Morgan fingerprint density at radius 1 is 1.60 bits per heavy atom. The van der Waals surface area contributed by atoms with E-state index in [-0.39, 0.29) is 0 Å². The lowest BCUT2D eigenvalue weighted by molar-refractivity contribution is 0.502. The van der Waals surface area contributed by atoms with E-state index in [2.05, 4.69) is 28.9 Å². The molecule has 1 unspecified atom stereocenters. The minimum Gasteiger partial charge on any atom is -0.353 e. The Labute approximate surface area is 90.8 Å². The Bertz CT molecular complexity index is 331. The Morgan fingerprint density at radius 3 is 3.00 bits per heavy atom. The number of piperidine rings is 1. The van der Waals surface area contributed by atoms with E-state index in [4.69, 9.17) is 5.73 Å². The van der Waals surface area contributed by atoms with Gasteiger partial charge >= 0.3 is 0 Å². The molecule has 1 aliphatic heterocycles. The second kappa shape index (κ2) is 4.23. The molecule has 4 heteroatoms. The van der Waals surface area contributed by atoms with Crippen LogP contribution in [0.25, 0.3) is 0 Å². The summed E-state index contributed by atoms with van der Waals surface area (Å²) in [5.41, 5.74) is 8.50. The smallest absolute Gasteiger partial charge is 0.153 e. The number of nitrogens with two attached hydrogens (primary N) is 1. The summed E-state index contributed by atoms with van der Waals surface area (Å²) in [6, 6.07) is 0.305. The lowest BCUT2D eigenvalue weighted by atomic mass is 10.1. The average Bonchev–Trinajstić information content (AvgIpc) is 2.59. The number of H-pyrrole nitrogens is 1. The van der Waals surface area contributed by atoms with Gasteiger partial charge in [-0.15, -0.1) is 0 Å². The number of rotatable bonds is 2. The van der Waals surface area contributed by atoms with Crippen LogP contribution < -0.4 is 10.6 Å². The molecule has 2 rings (SSSR count). The van der Waals surface area contributed by atoms with E-state index in [1.165, 1.54) is 17.7 Å². The Kier molecular flexibility index (Phi) is 2.95. The fourth-order valence-corrected chi connectivity index (χ4v) is 2.28. The molecule has 0 saturated carbocycles. The third-order valence-electron chi connectivity index (χ3n) is 3.20. The third kappa shape index (κ3) is 2.00. The van der Waals surface area contributed by atoms with Gasteiger partial charge in [0.2, 0.25) is 0 Å². The molecule has 1 fully saturated rings. The zero-order valence-electron chi connectivity index (χ0n) is 9.58. The molecule has 1 saturated heterocycles. The molecule has 4 nitrogen and oxygen atoms in total. The molecule has 1 atom stereocenters. The molecule has 0 amide bonds. The summed E-state index contributed by atoms with van der Waals surface area (Å²) >= 11 is 0. The van der Waals surface area contributed by atoms with Gasteiger partial charge < -0.3 is 10.6 Å². The lowest BCUT2D eigenvalue weighted by Gasteiger charge is -2.31. The van der Waals surface area contributed by atoms with Gasteiger partial charge in [-0.2, -0.15) is 5.10 Å². The molecule has 15 heavy (non-hydrogen) atoms. The van der Waals surface area contributed by atoms with Gasteiger partial charge in [-0.1, -0.05) is 6.92 Å². The average molecular weight is 208 g/mol. The SMILES string of the molecule is CCc1[nH]nc(N2CCCC(N)C2)c1C. The molecule has 2 heterocycles. The fraction of sp³-hybridized carbons (Fsp3) is 0.727. The number of aromatic nitrogens is 2. The first kappa shape index (κ1) is 10.5. The van der Waals surface area contributed by atoms with Gasteiger partial charge in [0.1, 0.15) is 0 Å². The van der Waals surface area contributed by atoms with Crippen molar-refractivity contribution >= 4 is 5.82 Å². The monoisotopic (exact) mass is 208 g/mol. The van der Waals surface area contributed by atoms with Crippen LogP contribution in [0.5, 0.6) is 0 Å². The van der Waals surface area contributed by atoms with E-state index >= 15 is 0 Å². The third-order valence-corrected chi connectivity index (χ3v) is 3.20. The minimum absolute atomic E-state index is 0.305. The quantitative estimate of drug-likeness (QED) is 0.768. The summed E-state index contributed by atoms with van der Waals surface area (Å²) in [6.45, 7) is 6.31. The summed E-state index contributed by atoms with van der Waals surface area (Å²) in [4.78, 5) is 2.30. The highest BCUT2D eigenvalue weighted by molar-refractivity contribution is 5.48. The van der Waals surface area contributed by atoms with Crippen LogP contribution in [0, 0.1) is 6.92 Å². The van der Waals surface area contributed by atoms with Crippen molar-refractivity contribution < 1.29 is 0 Å². The zero-order chi connectivity index (χ0) is 10.8. The van der Waals surface area contributed by atoms with Crippen LogP contribution in [-0.4, -0.2) is 29.3 Å². The van der Waals surface area contributed by atoms with Crippen molar-refractivity contribution in [2.45, 2.75) is 39.2 Å². The molecule has 0 spiro atoms. The standard InChI is InChI=1S/C11H20N4/c1-3-10-8(2)11(14-13-10)15-6-4-5-9(12)7-15/h9H,3-7,12H2,1-2H3,(H,13,14). The van der Waals surface area contributed by atoms with E-state index < -0.39 is 0 Å². The molecule has 1 aromatic rings. The predicted molar refractivity (Wildman–Crippen MR) is 62.1 cm³/mol. The molecule has 1 aliphatic rings. The summed E-state index contributed by atoms with van der Waals surface area (Å²) in [5.74, 6) is 1.10. The van der Waals surface area contributed by atoms with Crippen LogP contribution in [0.4, 0.5) is 5.82 Å². The first-order valence-electron chi connectivity index (χ1n) is 5.76. The van der Waals surface area contributed by atoms with Crippen LogP contribution >= 0.6 is 0 Å². The number of hydrogen-bond acceptors (Lipinski definition) is 3. The molecule has 0 aliphatic carbocycles. The van der Waals surface area contributed by atoms with Crippen molar-refractivity contribution in [3.05, 3.63) is 11.3 Å². The predicted octanol–water partition coefficient (Wildman–Crippen LogP) is 1.21. The molecular formula is C11H20N4. The fourth-order valence-electron chi connectivity index (χ4n) is 2.28. The number of nitrogens with zero attached hydrogens (tertiary/aromatic N) is 2. The second-order valence-electron chi connectivity index (χ2n) is 4.35. The number of nitrogens with one attached hydrogen (secondary N) is 1. The van der Waals surface area contributed by atoms with Gasteiger partial charge in [-0.25, -0.2) is 0 Å². The van der Waals surface area contributed by atoms with Gasteiger partial charge in [0, 0.05) is 30.4 Å². The second-order valence-corrected chi connectivity index (χ2v) is 4.35. The highest BCUT2D eigenvalue weighted by atomic mass is 15.3. The van der Waals surface area contributed by atoms with Crippen molar-refractivity contribution in [3.63, 3.8) is 0 Å². The highest BCUT2D eigenvalue weighted by Gasteiger charge is 2.21. The van der Waals surface area contributed by atoms with Crippen molar-refractivity contribution in [2.24, 2.45) is 5.73 Å². The highest BCUT2D eigenvalue weighted by Crippen LogP contribution is 2.23.